The quantitative estimate of drug-likeness (QED) is 0.212. The highest BCUT2D eigenvalue weighted by molar-refractivity contribution is 7.18. The number of esters is 1. The average Bonchev–Trinajstić information content (AvgIpc) is 3.88. The number of morpholine rings is 1. The van der Waals surface area contributed by atoms with Crippen LogP contribution in [0.3, 0.4) is 0 Å². The van der Waals surface area contributed by atoms with Gasteiger partial charge in [-0.3, -0.25) is 19.4 Å². The van der Waals surface area contributed by atoms with E-state index in [9.17, 15) is 19.2 Å². The van der Waals surface area contributed by atoms with Crippen LogP contribution in [0.4, 0.5) is 16.2 Å². The maximum Gasteiger partial charge on any atom is 0.414 e. The molecule has 2 saturated heterocycles. The number of nitrogens with one attached hydrogen (secondary N) is 1. The number of rotatable bonds is 8. The topological polar surface area (TPSA) is 118 Å². The predicted octanol–water partition coefficient (Wildman–Crippen LogP) is 6.19. The Bertz CT molecular complexity index is 1850. The summed E-state index contributed by atoms with van der Waals surface area (Å²) in [6.45, 7) is 3.18. The van der Waals surface area contributed by atoms with Gasteiger partial charge in [-0.25, -0.2) is 9.59 Å². The minimum atomic E-state index is -0.474. The van der Waals surface area contributed by atoms with Gasteiger partial charge in [-0.05, 0) is 71.5 Å². The molecule has 2 aromatic heterocycles. The summed E-state index contributed by atoms with van der Waals surface area (Å²) in [7, 11) is 1.42. The largest absolute Gasteiger partial charge is 0.468 e. The number of nitrogens with zero attached hydrogens (tertiary/aromatic N) is 3. The number of anilines is 2. The van der Waals surface area contributed by atoms with E-state index in [4.69, 9.17) is 37.4 Å². The van der Waals surface area contributed by atoms with Crippen molar-refractivity contribution in [1.82, 2.24) is 10.2 Å². The number of methoxy groups -OCH3 is 1. The molecular weight excluding hydrogens is 723 g/mol. The van der Waals surface area contributed by atoms with Crippen molar-refractivity contribution in [3.63, 3.8) is 0 Å². The zero-order valence-corrected chi connectivity index (χ0v) is 30.2. The van der Waals surface area contributed by atoms with Gasteiger partial charge in [0.15, 0.2) is 0 Å². The molecule has 262 valence electrons. The standard InChI is InChI=1S/C19H18ClN3O5S.C16H16ClNO2S/c20-16-6-5-15(29-16)18(25)21-9-14-10-23(19(26)28-14)13-3-1-12(2-4-13)22-7-8-27-11-17(22)24;1-20-16(19)15(12-4-2-3-5-13(12)17)18-8-6-14-11(10-18)7-9-21-14/h1-6,14H,7-11H2,(H,21,25);2-5,7,9,15H,6,8,10H2,1H3/t14-;15-/m00/s1. The number of halogens is 2. The Balaban J connectivity index is 0.000000182. The molecule has 3 aliphatic rings. The van der Waals surface area contributed by atoms with Crippen LogP contribution < -0.4 is 15.1 Å². The van der Waals surface area contributed by atoms with Gasteiger partial charge in [0, 0.05) is 40.9 Å². The van der Waals surface area contributed by atoms with Crippen molar-refractivity contribution in [2.45, 2.75) is 25.1 Å². The lowest BCUT2D eigenvalue weighted by molar-refractivity contribution is -0.147. The average molecular weight is 758 g/mol. The maximum atomic E-state index is 12.3. The van der Waals surface area contributed by atoms with Crippen LogP contribution in [-0.4, -0.2) is 81.4 Å². The number of cyclic esters (lactones) is 1. The van der Waals surface area contributed by atoms with E-state index in [0.29, 0.717) is 39.6 Å². The zero-order chi connectivity index (χ0) is 35.2. The Labute approximate surface area is 307 Å². The third kappa shape index (κ3) is 8.31. The van der Waals surface area contributed by atoms with E-state index in [1.165, 1.54) is 33.8 Å². The number of benzene rings is 2. The third-order valence-corrected chi connectivity index (χ3v) is 11.0. The first kappa shape index (κ1) is 35.8. The van der Waals surface area contributed by atoms with Gasteiger partial charge in [-0.2, -0.15) is 0 Å². The monoisotopic (exact) mass is 756 g/mol. The normalized spacial score (nSPS) is 18.1. The highest BCUT2D eigenvalue weighted by atomic mass is 35.5. The van der Waals surface area contributed by atoms with Crippen molar-refractivity contribution in [3.8, 4) is 0 Å². The predicted molar refractivity (Wildman–Crippen MR) is 194 cm³/mol. The lowest BCUT2D eigenvalue weighted by Gasteiger charge is -2.33. The van der Waals surface area contributed by atoms with Crippen molar-refractivity contribution >= 4 is 81.1 Å². The molecule has 7 rings (SSSR count). The number of fused-ring (bicyclic) bond motifs is 1. The Hall–Kier alpha value is -3.98. The molecule has 5 heterocycles. The van der Waals surface area contributed by atoms with Crippen LogP contribution in [0.1, 0.15) is 31.7 Å². The molecule has 11 nitrogen and oxygen atoms in total. The maximum absolute atomic E-state index is 12.3. The Morgan fingerprint density at radius 3 is 2.46 bits per heavy atom. The molecule has 50 heavy (non-hydrogen) atoms. The summed E-state index contributed by atoms with van der Waals surface area (Å²) >= 11 is 15.1. The summed E-state index contributed by atoms with van der Waals surface area (Å²) in [4.78, 5) is 55.8. The van der Waals surface area contributed by atoms with E-state index < -0.39 is 18.2 Å². The van der Waals surface area contributed by atoms with Gasteiger partial charge in [-0.15, -0.1) is 22.7 Å². The first-order valence-corrected chi connectivity index (χ1v) is 18.3. The van der Waals surface area contributed by atoms with Crippen LogP contribution in [0.5, 0.6) is 0 Å². The minimum absolute atomic E-state index is 0.0747. The minimum Gasteiger partial charge on any atom is -0.468 e. The first-order chi connectivity index (χ1) is 24.2. The van der Waals surface area contributed by atoms with Crippen molar-refractivity contribution in [2.24, 2.45) is 0 Å². The van der Waals surface area contributed by atoms with E-state index in [2.05, 4.69) is 21.7 Å². The third-order valence-electron chi connectivity index (χ3n) is 8.45. The molecular formula is C35H34Cl2N4O7S2. The molecule has 0 bridgehead atoms. The van der Waals surface area contributed by atoms with Gasteiger partial charge >= 0.3 is 12.1 Å². The van der Waals surface area contributed by atoms with Gasteiger partial charge in [0.05, 0.1) is 36.0 Å². The number of amides is 3. The smallest absolute Gasteiger partial charge is 0.414 e. The van der Waals surface area contributed by atoms with Gasteiger partial charge in [0.2, 0.25) is 0 Å². The van der Waals surface area contributed by atoms with Crippen LogP contribution in [-0.2, 0) is 36.8 Å². The van der Waals surface area contributed by atoms with Crippen LogP contribution in [0.15, 0.2) is 72.1 Å². The second kappa shape index (κ2) is 16.4. The molecule has 0 aliphatic carbocycles. The van der Waals surface area contributed by atoms with E-state index >= 15 is 0 Å². The molecule has 0 spiro atoms. The fraction of sp³-hybridized carbons (Fsp3) is 0.314. The van der Waals surface area contributed by atoms with Crippen molar-refractivity contribution < 1.29 is 33.4 Å². The van der Waals surface area contributed by atoms with Crippen LogP contribution in [0, 0.1) is 0 Å². The molecule has 15 heteroatoms. The SMILES string of the molecule is COC(=O)[C@H](c1ccccc1Cl)N1CCc2sccc2C1.O=C(NC[C@H]1CN(c2ccc(N3CCOCC3=O)cc2)C(=O)O1)c1ccc(Cl)s1. The fourth-order valence-electron chi connectivity index (χ4n) is 5.94. The summed E-state index contributed by atoms with van der Waals surface area (Å²) in [6, 6.07) is 19.6. The van der Waals surface area contributed by atoms with Gasteiger partial charge < -0.3 is 24.4 Å². The summed E-state index contributed by atoms with van der Waals surface area (Å²) in [5, 5.41) is 5.47. The highest BCUT2D eigenvalue weighted by Crippen LogP contribution is 2.34. The van der Waals surface area contributed by atoms with Gasteiger partial charge in [0.1, 0.15) is 18.8 Å². The molecule has 0 unspecified atom stereocenters. The molecule has 2 aromatic carbocycles. The molecule has 2 fully saturated rings. The fourth-order valence-corrected chi connectivity index (χ4v) is 8.03. The lowest BCUT2D eigenvalue weighted by Crippen LogP contribution is -2.41. The molecule has 0 radical (unpaired) electrons. The highest BCUT2D eigenvalue weighted by Gasteiger charge is 2.34. The summed E-state index contributed by atoms with van der Waals surface area (Å²) < 4.78 is 16.0. The van der Waals surface area contributed by atoms with Crippen LogP contribution >= 0.6 is 45.9 Å². The summed E-state index contributed by atoms with van der Waals surface area (Å²) in [5.41, 5.74) is 3.53. The van der Waals surface area contributed by atoms with E-state index in [-0.39, 0.29) is 30.9 Å². The van der Waals surface area contributed by atoms with E-state index in [0.717, 1.165) is 30.8 Å². The number of hydrogen-bond donors (Lipinski definition) is 1. The van der Waals surface area contributed by atoms with E-state index in [1.807, 2.05) is 24.3 Å². The molecule has 3 aliphatic heterocycles. The van der Waals surface area contributed by atoms with E-state index in [1.54, 1.807) is 52.6 Å². The first-order valence-electron chi connectivity index (χ1n) is 15.8. The van der Waals surface area contributed by atoms with Crippen molar-refractivity contribution in [3.05, 3.63) is 102 Å². The van der Waals surface area contributed by atoms with Gasteiger partial charge in [-0.1, -0.05) is 41.4 Å². The summed E-state index contributed by atoms with van der Waals surface area (Å²) in [6.07, 6.45) is 0.0336. The second-order valence-electron chi connectivity index (χ2n) is 11.6. The van der Waals surface area contributed by atoms with Crippen LogP contribution in [0.25, 0.3) is 0 Å². The van der Waals surface area contributed by atoms with Crippen LogP contribution in [0.2, 0.25) is 9.36 Å². The van der Waals surface area contributed by atoms with Crippen molar-refractivity contribution in [2.75, 3.05) is 56.3 Å². The number of carbonyl (C=O) groups is 4. The molecule has 3 amide bonds. The molecule has 2 atom stereocenters. The molecule has 1 N–H and O–H groups in total. The Kier molecular flexibility index (Phi) is 11.7. The Morgan fingerprint density at radius 2 is 1.76 bits per heavy atom. The number of ether oxygens (including phenoxy) is 3. The number of carbonyl (C=O) groups excluding carboxylic acids is 4. The zero-order valence-electron chi connectivity index (χ0n) is 27.0. The number of thiophene rings is 2. The second-order valence-corrected chi connectivity index (χ2v) is 14.7. The molecule has 4 aromatic rings. The Morgan fingerprint density at radius 1 is 1.00 bits per heavy atom. The lowest BCUT2D eigenvalue weighted by atomic mass is 10.0. The van der Waals surface area contributed by atoms with Crippen molar-refractivity contribution in [1.29, 1.82) is 0 Å². The molecule has 0 saturated carbocycles. The van der Waals surface area contributed by atoms with Gasteiger partial charge in [0.25, 0.3) is 11.8 Å². The number of hydrogen-bond acceptors (Lipinski definition) is 10. The summed E-state index contributed by atoms with van der Waals surface area (Å²) in [5.74, 6) is -0.606.